The largest absolute Gasteiger partial charge is 0.300 e. The maximum absolute atomic E-state index is 5.14. The first-order valence-corrected chi connectivity index (χ1v) is 2.30. The van der Waals surface area contributed by atoms with Crippen LogP contribution in [0, 0.1) is 0 Å². The molecule has 0 aliphatic heterocycles. The quantitative estimate of drug-likeness (QED) is 0.298. The monoisotopic (exact) mass is 128 g/mol. The van der Waals surface area contributed by atoms with Crippen molar-refractivity contribution in [2.45, 2.75) is 5.12 Å². The van der Waals surface area contributed by atoms with Gasteiger partial charge in [-0.05, 0) is 0 Å². The summed E-state index contributed by atoms with van der Waals surface area (Å²) >= 11 is 10.2. The molecular weight excluding hydrogens is 123 g/mol. The molecule has 0 amide bonds. The van der Waals surface area contributed by atoms with Crippen molar-refractivity contribution in [3.05, 3.63) is 0 Å². The Hall–Kier alpha value is 0.500. The number of alkyl halides is 2. The molecule has 0 rings (SSSR count). The van der Waals surface area contributed by atoms with Gasteiger partial charge in [0.1, 0.15) is 0 Å². The summed E-state index contributed by atoms with van der Waals surface area (Å²) in [7, 11) is 0. The van der Waals surface area contributed by atoms with Gasteiger partial charge in [-0.25, -0.2) is 0 Å². The highest BCUT2D eigenvalue weighted by molar-refractivity contribution is 6.29. The van der Waals surface area contributed by atoms with Crippen LogP contribution in [0.1, 0.15) is 0 Å². The highest BCUT2D eigenvalue weighted by atomic mass is 35.5. The lowest BCUT2D eigenvalue weighted by Gasteiger charge is -2.08. The van der Waals surface area contributed by atoms with E-state index in [1.165, 1.54) is 0 Å². The predicted molar refractivity (Wildman–Crippen MR) is 27.7 cm³/mol. The summed E-state index contributed by atoms with van der Waals surface area (Å²) < 4.78 is 0. The van der Waals surface area contributed by atoms with Gasteiger partial charge in [0, 0.05) is 0 Å². The molecule has 0 spiro atoms. The molecule has 0 unspecified atom stereocenters. The average Bonchev–Trinajstić information content (AvgIpc) is 1.35. The van der Waals surface area contributed by atoms with E-state index in [9.17, 15) is 0 Å². The summed E-state index contributed by atoms with van der Waals surface area (Å²) in [6.45, 7) is 0. The molecule has 0 atom stereocenters. The van der Waals surface area contributed by atoms with E-state index < -0.39 is 5.12 Å². The number of halogens is 2. The summed E-state index contributed by atoms with van der Waals surface area (Å²) in [5, 5.41) is -1.22. The second-order valence-electron chi connectivity index (χ2n) is 1.06. The molecule has 38 valence electrons. The lowest BCUT2D eigenvalue weighted by Crippen LogP contribution is -2.44. The van der Waals surface area contributed by atoms with E-state index in [0.717, 1.165) is 0 Å². The predicted octanol–water partition coefficient (Wildman–Crippen LogP) is 0.0352. The van der Waals surface area contributed by atoms with Crippen LogP contribution in [0.15, 0.2) is 0 Å². The summed E-state index contributed by atoms with van der Waals surface area (Å²) in [5.41, 5.74) is 9.89. The van der Waals surface area contributed by atoms with Crippen LogP contribution in [-0.4, -0.2) is 11.0 Å². The second kappa shape index (κ2) is 1.98. The zero-order valence-corrected chi connectivity index (χ0v) is 4.63. The first-order valence-electron chi connectivity index (χ1n) is 1.39. The topological polar surface area (TPSA) is 52.0 Å². The summed E-state index contributed by atoms with van der Waals surface area (Å²) in [6, 6.07) is 0. The molecule has 0 aliphatic rings. The molecule has 0 saturated heterocycles. The van der Waals surface area contributed by atoms with Crippen molar-refractivity contribution in [1.29, 1.82) is 0 Å². The maximum atomic E-state index is 5.14. The van der Waals surface area contributed by atoms with Crippen molar-refractivity contribution in [3.8, 4) is 0 Å². The van der Waals surface area contributed by atoms with Crippen molar-refractivity contribution in [2.75, 3.05) is 5.88 Å². The fourth-order valence-corrected chi connectivity index (χ4v) is 0. The fourth-order valence-electron chi connectivity index (χ4n) is 0. The summed E-state index contributed by atoms with van der Waals surface area (Å²) in [4.78, 5) is 0. The standard InChI is InChI=1S/C2H6Cl2N2/c3-1-2(4,5)6/h1,5-6H2. The van der Waals surface area contributed by atoms with Crippen molar-refractivity contribution in [1.82, 2.24) is 0 Å². The van der Waals surface area contributed by atoms with Gasteiger partial charge in [0.2, 0.25) is 0 Å². The molecule has 0 fully saturated rings. The van der Waals surface area contributed by atoms with Gasteiger partial charge in [0.05, 0.1) is 5.88 Å². The molecule has 0 aliphatic carbocycles. The lowest BCUT2D eigenvalue weighted by molar-refractivity contribution is 0.710. The molecule has 0 bridgehead atoms. The maximum Gasteiger partial charge on any atom is 0.155 e. The van der Waals surface area contributed by atoms with E-state index in [4.69, 9.17) is 34.7 Å². The van der Waals surface area contributed by atoms with E-state index in [1.54, 1.807) is 0 Å². The van der Waals surface area contributed by atoms with Crippen molar-refractivity contribution < 1.29 is 0 Å². The number of hydrogen-bond acceptors (Lipinski definition) is 2. The SMILES string of the molecule is NC(N)(Cl)CCl. The van der Waals surface area contributed by atoms with Gasteiger partial charge in [-0.15, -0.1) is 11.6 Å². The van der Waals surface area contributed by atoms with Crippen LogP contribution in [0.25, 0.3) is 0 Å². The fraction of sp³-hybridized carbons (Fsp3) is 1.00. The summed E-state index contributed by atoms with van der Waals surface area (Å²) in [5.74, 6) is 0.0640. The minimum absolute atomic E-state index is 0.0640. The van der Waals surface area contributed by atoms with E-state index in [2.05, 4.69) is 0 Å². The third-order valence-corrected chi connectivity index (χ3v) is 0.917. The highest BCUT2D eigenvalue weighted by Gasteiger charge is 2.09. The zero-order chi connectivity index (χ0) is 5.21. The molecule has 4 N–H and O–H groups in total. The van der Waals surface area contributed by atoms with Crippen LogP contribution < -0.4 is 11.5 Å². The summed E-state index contributed by atoms with van der Waals surface area (Å²) in [6.07, 6.45) is 0. The highest BCUT2D eigenvalue weighted by Crippen LogP contribution is 1.97. The Morgan fingerprint density at radius 2 is 1.67 bits per heavy atom. The third kappa shape index (κ3) is 4.50. The Bertz CT molecular complexity index is 39.3. The van der Waals surface area contributed by atoms with Crippen LogP contribution in [0.5, 0.6) is 0 Å². The van der Waals surface area contributed by atoms with Crippen molar-refractivity contribution in [3.63, 3.8) is 0 Å². The molecule has 6 heavy (non-hydrogen) atoms. The van der Waals surface area contributed by atoms with Gasteiger partial charge in [-0.1, -0.05) is 11.6 Å². The Balaban J connectivity index is 3.17. The molecule has 0 saturated carbocycles. The van der Waals surface area contributed by atoms with Crippen LogP contribution in [-0.2, 0) is 0 Å². The van der Waals surface area contributed by atoms with Gasteiger partial charge >= 0.3 is 0 Å². The average molecular weight is 129 g/mol. The Morgan fingerprint density at radius 1 is 1.50 bits per heavy atom. The van der Waals surface area contributed by atoms with Gasteiger partial charge in [0.25, 0.3) is 0 Å². The van der Waals surface area contributed by atoms with Gasteiger partial charge in [-0.3, -0.25) is 11.5 Å². The van der Waals surface area contributed by atoms with Crippen LogP contribution in [0.4, 0.5) is 0 Å². The van der Waals surface area contributed by atoms with Crippen LogP contribution >= 0.6 is 23.2 Å². The van der Waals surface area contributed by atoms with Gasteiger partial charge < -0.3 is 0 Å². The minimum Gasteiger partial charge on any atom is -0.300 e. The van der Waals surface area contributed by atoms with Crippen LogP contribution in [0.3, 0.4) is 0 Å². The molecule has 0 aromatic rings. The van der Waals surface area contributed by atoms with Gasteiger partial charge in [0.15, 0.2) is 5.12 Å². The number of hydrogen-bond donors (Lipinski definition) is 2. The molecule has 2 nitrogen and oxygen atoms in total. The lowest BCUT2D eigenvalue weighted by atomic mass is 10.6. The number of rotatable bonds is 1. The first kappa shape index (κ1) is 6.50. The Morgan fingerprint density at radius 3 is 1.67 bits per heavy atom. The molecule has 0 aromatic heterocycles. The zero-order valence-electron chi connectivity index (χ0n) is 3.12. The smallest absolute Gasteiger partial charge is 0.155 e. The Labute approximate surface area is 46.4 Å². The molecule has 0 radical (unpaired) electrons. The number of nitrogens with two attached hydrogens (primary N) is 2. The van der Waals surface area contributed by atoms with Gasteiger partial charge in [-0.2, -0.15) is 0 Å². The minimum atomic E-state index is -1.22. The van der Waals surface area contributed by atoms with E-state index in [1.807, 2.05) is 0 Å². The molecule has 0 heterocycles. The molecule has 0 aromatic carbocycles. The van der Waals surface area contributed by atoms with E-state index >= 15 is 0 Å². The van der Waals surface area contributed by atoms with E-state index in [0.29, 0.717) is 0 Å². The second-order valence-corrected chi connectivity index (χ2v) is 2.03. The molecular formula is C2H6Cl2N2. The van der Waals surface area contributed by atoms with Crippen LogP contribution in [0.2, 0.25) is 0 Å². The normalized spacial score (nSPS) is 12.0. The third-order valence-electron chi connectivity index (χ3n) is 0.205. The van der Waals surface area contributed by atoms with E-state index in [-0.39, 0.29) is 5.88 Å². The Kier molecular flexibility index (Phi) is 2.15. The van der Waals surface area contributed by atoms with Crippen molar-refractivity contribution >= 4 is 23.2 Å². The molecule has 4 heteroatoms. The van der Waals surface area contributed by atoms with Crippen molar-refractivity contribution in [2.24, 2.45) is 11.5 Å². The first-order chi connectivity index (χ1) is 2.56.